The molecular weight excluding hydrogens is 264 g/mol. The Bertz CT molecular complexity index is 140. The molecule has 3 nitrogen and oxygen atoms in total. The fraction of sp³-hybridized carbons (Fsp3) is 0.600. The summed E-state index contributed by atoms with van der Waals surface area (Å²) in [6.45, 7) is 2.11. The largest absolute Gasteiger partial charge is 0.348 e. The first kappa shape index (κ1) is 10.3. The molecular formula is C5H9INO2P. The van der Waals surface area contributed by atoms with Crippen molar-refractivity contribution >= 4 is 40.9 Å². The van der Waals surface area contributed by atoms with Crippen molar-refractivity contribution in [2.24, 2.45) is 0 Å². The molecule has 0 saturated carbocycles. The maximum atomic E-state index is 10.7. The molecule has 58 valence electrons. The van der Waals surface area contributed by atoms with Gasteiger partial charge in [-0.25, -0.2) is 0 Å². The second-order valence-corrected chi connectivity index (χ2v) is 3.93. The summed E-state index contributed by atoms with van der Waals surface area (Å²) in [7, 11) is 0.616. The van der Waals surface area contributed by atoms with Gasteiger partial charge in [-0.15, -0.1) is 8.58 Å². The zero-order chi connectivity index (χ0) is 7.98. The minimum Gasteiger partial charge on any atom is -0.348 e. The van der Waals surface area contributed by atoms with Crippen LogP contribution in [0.3, 0.4) is 0 Å². The van der Waals surface area contributed by atoms with Gasteiger partial charge in [-0.2, -0.15) is 0 Å². The maximum Gasteiger partial charge on any atom is 0.224 e. The van der Waals surface area contributed by atoms with Crippen LogP contribution in [0.4, 0.5) is 0 Å². The Hall–Kier alpha value is 0.300. The molecule has 0 bridgehead atoms. The van der Waals surface area contributed by atoms with Gasteiger partial charge < -0.3 is 5.32 Å². The van der Waals surface area contributed by atoms with Crippen molar-refractivity contribution in [3.8, 4) is 0 Å². The first-order valence-corrected chi connectivity index (χ1v) is 5.55. The molecule has 0 radical (unpaired) electrons. The number of hydrogen-bond acceptors (Lipinski definition) is 2. The number of carbonyl (C=O) groups is 2. The number of rotatable bonds is 4. The Morgan fingerprint density at radius 2 is 2.20 bits per heavy atom. The van der Waals surface area contributed by atoms with Crippen LogP contribution in [0.1, 0.15) is 0 Å². The molecule has 0 saturated heterocycles. The predicted octanol–water partition coefficient (Wildman–Crippen LogP) is 0.372. The first-order chi connectivity index (χ1) is 4.66. The monoisotopic (exact) mass is 273 g/mol. The molecule has 0 spiro atoms. The van der Waals surface area contributed by atoms with Gasteiger partial charge in [0.25, 0.3) is 0 Å². The van der Waals surface area contributed by atoms with Crippen LogP contribution in [0, 0.1) is 0 Å². The normalized spacial score (nSPS) is 10.2. The highest BCUT2D eigenvalue weighted by Crippen LogP contribution is 1.98. The molecule has 0 aromatic rings. The molecule has 0 aliphatic heterocycles. The van der Waals surface area contributed by atoms with Crippen LogP contribution in [0.5, 0.6) is 0 Å². The van der Waals surface area contributed by atoms with E-state index in [-0.39, 0.29) is 16.2 Å². The fourth-order valence-corrected chi connectivity index (χ4v) is 1.03. The number of nitrogens with one attached hydrogen (secondary N) is 1. The summed E-state index contributed by atoms with van der Waals surface area (Å²) in [5.74, 6) is -0.0363. The van der Waals surface area contributed by atoms with Crippen molar-refractivity contribution in [2.45, 2.75) is 0 Å². The van der Waals surface area contributed by atoms with Gasteiger partial charge in [0, 0.05) is 28.8 Å². The summed E-state index contributed by atoms with van der Waals surface area (Å²) in [5.41, 5.74) is 0. The molecule has 0 rings (SSSR count). The zero-order valence-corrected chi connectivity index (χ0v) is 8.77. The minimum atomic E-state index is -0.0367. The van der Waals surface area contributed by atoms with Crippen LogP contribution in [-0.4, -0.2) is 29.1 Å². The minimum absolute atomic E-state index is 0.0363. The van der Waals surface area contributed by atoms with E-state index < -0.39 is 0 Å². The SMILES string of the molecule is CPCC(=O)NCC(=O)I. The van der Waals surface area contributed by atoms with Gasteiger partial charge in [0.15, 0.2) is 0 Å². The molecule has 0 heterocycles. The average molecular weight is 273 g/mol. The second-order valence-electron chi connectivity index (χ2n) is 1.66. The van der Waals surface area contributed by atoms with Crippen molar-refractivity contribution in [2.75, 3.05) is 19.4 Å². The van der Waals surface area contributed by atoms with E-state index in [0.717, 1.165) is 0 Å². The molecule has 1 amide bonds. The highest BCUT2D eigenvalue weighted by atomic mass is 127. The van der Waals surface area contributed by atoms with Gasteiger partial charge in [-0.1, -0.05) is 0 Å². The van der Waals surface area contributed by atoms with Crippen molar-refractivity contribution < 1.29 is 9.59 Å². The lowest BCUT2D eigenvalue weighted by Gasteiger charge is -1.98. The lowest BCUT2D eigenvalue weighted by molar-refractivity contribution is -0.120. The van der Waals surface area contributed by atoms with E-state index in [4.69, 9.17) is 0 Å². The lowest BCUT2D eigenvalue weighted by atomic mass is 10.6. The standard InChI is InChI=1S/C5H9INO2P/c1-10-3-5(9)7-2-4(6)8/h10H,2-3H2,1H3,(H,7,9). The molecule has 1 N–H and O–H groups in total. The smallest absolute Gasteiger partial charge is 0.224 e. The zero-order valence-electron chi connectivity index (χ0n) is 5.61. The van der Waals surface area contributed by atoms with Gasteiger partial charge in [0.1, 0.15) is 0 Å². The van der Waals surface area contributed by atoms with Crippen LogP contribution in [-0.2, 0) is 9.59 Å². The molecule has 0 aromatic heterocycles. The fourth-order valence-electron chi connectivity index (χ4n) is 0.391. The molecule has 0 fully saturated rings. The molecule has 10 heavy (non-hydrogen) atoms. The summed E-state index contributed by atoms with van der Waals surface area (Å²) in [6, 6.07) is 0. The van der Waals surface area contributed by atoms with Gasteiger partial charge >= 0.3 is 0 Å². The van der Waals surface area contributed by atoms with E-state index in [1.165, 1.54) is 0 Å². The quantitative estimate of drug-likeness (QED) is 0.457. The molecule has 1 atom stereocenters. The van der Waals surface area contributed by atoms with E-state index in [2.05, 4.69) is 5.32 Å². The Balaban J connectivity index is 3.30. The first-order valence-electron chi connectivity index (χ1n) is 2.76. The maximum absolute atomic E-state index is 10.7. The Morgan fingerprint density at radius 3 is 2.60 bits per heavy atom. The van der Waals surface area contributed by atoms with E-state index in [9.17, 15) is 9.59 Å². The highest BCUT2D eigenvalue weighted by molar-refractivity contribution is 14.1. The molecule has 1 unspecified atom stereocenters. The second kappa shape index (κ2) is 6.04. The van der Waals surface area contributed by atoms with Gasteiger partial charge in [-0.3, -0.25) is 9.59 Å². The summed E-state index contributed by atoms with van der Waals surface area (Å²) in [4.78, 5) is 21.0. The van der Waals surface area contributed by atoms with Crippen molar-refractivity contribution in [3.63, 3.8) is 0 Å². The topological polar surface area (TPSA) is 46.2 Å². The summed E-state index contributed by atoms with van der Waals surface area (Å²) >= 11 is 1.65. The summed E-state index contributed by atoms with van der Waals surface area (Å²) < 4.78 is -0.0367. The van der Waals surface area contributed by atoms with Crippen LogP contribution < -0.4 is 5.32 Å². The van der Waals surface area contributed by atoms with Gasteiger partial charge in [0.05, 0.1) is 6.54 Å². The third-order valence-corrected chi connectivity index (χ3v) is 1.82. The Morgan fingerprint density at radius 1 is 1.60 bits per heavy atom. The molecule has 0 aliphatic carbocycles. The van der Waals surface area contributed by atoms with Gasteiger partial charge in [0.2, 0.25) is 9.70 Å². The van der Waals surface area contributed by atoms with E-state index >= 15 is 0 Å². The summed E-state index contributed by atoms with van der Waals surface area (Å²) in [6.07, 6.45) is 0.532. The third kappa shape index (κ3) is 6.42. The van der Waals surface area contributed by atoms with Crippen LogP contribution >= 0.6 is 31.2 Å². The van der Waals surface area contributed by atoms with E-state index in [1.807, 2.05) is 6.66 Å². The predicted molar refractivity (Wildman–Crippen MR) is 51.1 cm³/mol. The Kier molecular flexibility index (Phi) is 6.22. The number of halogens is 1. The van der Waals surface area contributed by atoms with Crippen molar-refractivity contribution in [1.29, 1.82) is 0 Å². The van der Waals surface area contributed by atoms with Crippen molar-refractivity contribution in [3.05, 3.63) is 0 Å². The van der Waals surface area contributed by atoms with Gasteiger partial charge in [-0.05, 0) is 6.66 Å². The molecule has 0 aliphatic rings. The van der Waals surface area contributed by atoms with Crippen molar-refractivity contribution in [1.82, 2.24) is 5.32 Å². The molecule has 5 heteroatoms. The Labute approximate surface area is 75.2 Å². The van der Waals surface area contributed by atoms with Crippen LogP contribution in [0.2, 0.25) is 0 Å². The number of carbonyl (C=O) groups excluding carboxylic acids is 2. The van der Waals surface area contributed by atoms with Crippen LogP contribution in [0.25, 0.3) is 0 Å². The van der Waals surface area contributed by atoms with E-state index in [1.54, 1.807) is 22.6 Å². The molecule has 0 aromatic carbocycles. The number of hydrogen-bond donors (Lipinski definition) is 1. The third-order valence-electron chi connectivity index (χ3n) is 0.762. The summed E-state index contributed by atoms with van der Waals surface area (Å²) in [5, 5.41) is 2.49. The highest BCUT2D eigenvalue weighted by Gasteiger charge is 1.99. The van der Waals surface area contributed by atoms with E-state index in [0.29, 0.717) is 14.7 Å². The number of amides is 1. The average Bonchev–Trinajstić information content (AvgIpc) is 1.85. The lowest BCUT2D eigenvalue weighted by Crippen LogP contribution is -2.28. The van der Waals surface area contributed by atoms with Crippen LogP contribution in [0.15, 0.2) is 0 Å².